The van der Waals surface area contributed by atoms with Crippen molar-refractivity contribution < 1.29 is 17.9 Å². The molecule has 0 amide bonds. The summed E-state index contributed by atoms with van der Waals surface area (Å²) >= 11 is 1.81. The molecule has 1 aromatic rings. The van der Waals surface area contributed by atoms with Crippen molar-refractivity contribution in [3.8, 4) is 5.75 Å². The molecule has 1 aliphatic rings. The van der Waals surface area contributed by atoms with Gasteiger partial charge in [-0.3, -0.25) is 0 Å². The Morgan fingerprint density at radius 1 is 1.28 bits per heavy atom. The molecular weight excluding hydrogens is 265 g/mol. The van der Waals surface area contributed by atoms with Gasteiger partial charge in [-0.05, 0) is 0 Å². The highest BCUT2D eigenvalue weighted by Crippen LogP contribution is 2.33. The normalized spacial score (nSPS) is 16.1. The Bertz CT molecular complexity index is 425. The summed E-state index contributed by atoms with van der Waals surface area (Å²) in [4.78, 5) is 1.95. The summed E-state index contributed by atoms with van der Waals surface area (Å²) in [7, 11) is 0. The zero-order valence-electron chi connectivity index (χ0n) is 9.54. The van der Waals surface area contributed by atoms with Gasteiger partial charge in [0.25, 0.3) is 0 Å². The predicted octanol–water partition coefficient (Wildman–Crippen LogP) is 2.56. The number of hydrogen-bond donors (Lipinski definition) is 1. The van der Waals surface area contributed by atoms with Gasteiger partial charge in [0.05, 0.1) is 11.4 Å². The molecule has 7 heteroatoms. The standard InChI is InChI=1S/C11H13F3N2OS/c12-7-5-8(15)9(6-10(7)17-11(13)14)16-1-3-18-4-2-16/h5-6,11H,1-4,15H2. The summed E-state index contributed by atoms with van der Waals surface area (Å²) in [6, 6.07) is 2.27. The molecule has 0 unspecified atom stereocenters. The van der Waals surface area contributed by atoms with Gasteiger partial charge in [-0.25, -0.2) is 4.39 Å². The lowest BCUT2D eigenvalue weighted by atomic mass is 10.2. The number of nitrogens with two attached hydrogens (primary N) is 1. The second-order valence-corrected chi connectivity index (χ2v) is 5.04. The van der Waals surface area contributed by atoms with Crippen LogP contribution in [0.3, 0.4) is 0 Å². The number of hydrogen-bond acceptors (Lipinski definition) is 4. The smallest absolute Gasteiger partial charge is 0.387 e. The van der Waals surface area contributed by atoms with Gasteiger partial charge in [0.15, 0.2) is 11.6 Å². The van der Waals surface area contributed by atoms with Crippen LogP contribution >= 0.6 is 11.8 Å². The first kappa shape index (κ1) is 13.2. The van der Waals surface area contributed by atoms with E-state index in [2.05, 4.69) is 4.74 Å². The van der Waals surface area contributed by atoms with Crippen LogP contribution in [-0.4, -0.2) is 31.2 Å². The van der Waals surface area contributed by atoms with Crippen LogP contribution in [0.1, 0.15) is 0 Å². The van der Waals surface area contributed by atoms with Gasteiger partial charge in [0, 0.05) is 36.7 Å². The van der Waals surface area contributed by atoms with Crippen LogP contribution in [0.4, 0.5) is 24.5 Å². The highest BCUT2D eigenvalue weighted by atomic mass is 32.2. The second kappa shape index (κ2) is 5.60. The van der Waals surface area contributed by atoms with Crippen LogP contribution in [0.25, 0.3) is 0 Å². The third-order valence-corrected chi connectivity index (χ3v) is 3.59. The maximum Gasteiger partial charge on any atom is 0.387 e. The Morgan fingerprint density at radius 3 is 2.56 bits per heavy atom. The van der Waals surface area contributed by atoms with Crippen molar-refractivity contribution in [1.29, 1.82) is 0 Å². The summed E-state index contributed by atoms with van der Waals surface area (Å²) in [6.45, 7) is -1.53. The number of ether oxygens (including phenoxy) is 1. The number of thioether (sulfide) groups is 1. The summed E-state index contributed by atoms with van der Waals surface area (Å²) < 4.78 is 41.8. The van der Waals surface area contributed by atoms with Crippen molar-refractivity contribution in [3.63, 3.8) is 0 Å². The van der Waals surface area contributed by atoms with Gasteiger partial charge in [0.2, 0.25) is 0 Å². The first-order chi connectivity index (χ1) is 8.58. The van der Waals surface area contributed by atoms with E-state index in [1.54, 1.807) is 0 Å². The first-order valence-electron chi connectivity index (χ1n) is 5.44. The van der Waals surface area contributed by atoms with E-state index in [0.717, 1.165) is 30.7 Å². The summed E-state index contributed by atoms with van der Waals surface area (Å²) in [6.07, 6.45) is 0. The maximum absolute atomic E-state index is 13.4. The van der Waals surface area contributed by atoms with Crippen LogP contribution < -0.4 is 15.4 Å². The van der Waals surface area contributed by atoms with Crippen LogP contribution in [0.2, 0.25) is 0 Å². The van der Waals surface area contributed by atoms with Gasteiger partial charge >= 0.3 is 6.61 Å². The van der Waals surface area contributed by atoms with E-state index in [0.29, 0.717) is 5.69 Å². The summed E-state index contributed by atoms with van der Waals surface area (Å²) in [5.74, 6) is 0.527. The highest BCUT2D eigenvalue weighted by molar-refractivity contribution is 7.99. The number of halogens is 3. The Morgan fingerprint density at radius 2 is 1.94 bits per heavy atom. The zero-order valence-corrected chi connectivity index (χ0v) is 10.4. The molecule has 0 spiro atoms. The van der Waals surface area contributed by atoms with Crippen LogP contribution in [0, 0.1) is 5.82 Å². The lowest BCUT2D eigenvalue weighted by molar-refractivity contribution is -0.0521. The molecule has 100 valence electrons. The van der Waals surface area contributed by atoms with Crippen LogP contribution in [-0.2, 0) is 0 Å². The first-order valence-corrected chi connectivity index (χ1v) is 6.60. The average Bonchev–Trinajstić information content (AvgIpc) is 2.33. The third-order valence-electron chi connectivity index (χ3n) is 2.65. The van der Waals surface area contributed by atoms with Crippen molar-refractivity contribution >= 4 is 23.1 Å². The Labute approximate surface area is 107 Å². The Kier molecular flexibility index (Phi) is 4.11. The Hall–Kier alpha value is -1.24. The average molecular weight is 278 g/mol. The number of nitrogens with zero attached hydrogens (tertiary/aromatic N) is 1. The van der Waals surface area contributed by atoms with Gasteiger partial charge < -0.3 is 15.4 Å². The molecule has 0 aromatic heterocycles. The molecule has 0 atom stereocenters. The van der Waals surface area contributed by atoms with Gasteiger partial charge in [-0.1, -0.05) is 0 Å². The van der Waals surface area contributed by atoms with Gasteiger partial charge in [-0.2, -0.15) is 20.5 Å². The molecule has 0 bridgehead atoms. The lowest BCUT2D eigenvalue weighted by Gasteiger charge is -2.29. The molecule has 1 fully saturated rings. The molecule has 18 heavy (non-hydrogen) atoms. The van der Waals surface area contributed by atoms with E-state index < -0.39 is 18.2 Å². The monoisotopic (exact) mass is 278 g/mol. The molecule has 0 saturated carbocycles. The third kappa shape index (κ3) is 2.95. The fraction of sp³-hybridized carbons (Fsp3) is 0.455. The van der Waals surface area contributed by atoms with Crippen molar-refractivity contribution in [1.82, 2.24) is 0 Å². The molecule has 1 saturated heterocycles. The fourth-order valence-electron chi connectivity index (χ4n) is 1.82. The van der Waals surface area contributed by atoms with Gasteiger partial charge in [0.1, 0.15) is 0 Å². The van der Waals surface area contributed by atoms with E-state index in [4.69, 9.17) is 5.73 Å². The fourth-order valence-corrected chi connectivity index (χ4v) is 2.73. The molecule has 1 aromatic carbocycles. The minimum atomic E-state index is -3.05. The number of anilines is 2. The minimum absolute atomic E-state index is 0.237. The molecule has 2 N–H and O–H groups in total. The molecule has 1 aliphatic heterocycles. The highest BCUT2D eigenvalue weighted by Gasteiger charge is 2.18. The van der Waals surface area contributed by atoms with E-state index in [-0.39, 0.29) is 5.69 Å². The zero-order chi connectivity index (χ0) is 13.1. The number of alkyl halides is 2. The van der Waals surface area contributed by atoms with E-state index in [9.17, 15) is 13.2 Å². The summed E-state index contributed by atoms with van der Waals surface area (Å²) in [5.41, 5.74) is 6.51. The van der Waals surface area contributed by atoms with Crippen molar-refractivity contribution in [2.45, 2.75) is 6.61 Å². The van der Waals surface area contributed by atoms with Crippen LogP contribution in [0.15, 0.2) is 12.1 Å². The number of rotatable bonds is 3. The lowest BCUT2D eigenvalue weighted by Crippen LogP contribution is -2.33. The second-order valence-electron chi connectivity index (χ2n) is 3.82. The molecular formula is C11H13F3N2OS. The topological polar surface area (TPSA) is 38.5 Å². The van der Waals surface area contributed by atoms with E-state index in [1.165, 1.54) is 6.07 Å². The Balaban J connectivity index is 2.28. The molecule has 0 aliphatic carbocycles. The SMILES string of the molecule is Nc1cc(F)c(OC(F)F)cc1N1CCSCC1. The van der Waals surface area contributed by atoms with Crippen molar-refractivity contribution in [3.05, 3.63) is 17.9 Å². The van der Waals surface area contributed by atoms with E-state index >= 15 is 0 Å². The quantitative estimate of drug-likeness (QED) is 0.862. The minimum Gasteiger partial charge on any atom is -0.432 e. The summed E-state index contributed by atoms with van der Waals surface area (Å²) in [5, 5.41) is 0. The molecule has 3 nitrogen and oxygen atoms in total. The van der Waals surface area contributed by atoms with Crippen molar-refractivity contribution in [2.24, 2.45) is 0 Å². The van der Waals surface area contributed by atoms with Gasteiger partial charge in [-0.15, -0.1) is 0 Å². The molecule has 2 rings (SSSR count). The van der Waals surface area contributed by atoms with E-state index in [1.807, 2.05) is 16.7 Å². The predicted molar refractivity (Wildman–Crippen MR) is 67.0 cm³/mol. The number of benzene rings is 1. The molecule has 0 radical (unpaired) electrons. The largest absolute Gasteiger partial charge is 0.432 e. The van der Waals surface area contributed by atoms with Crippen molar-refractivity contribution in [2.75, 3.05) is 35.2 Å². The maximum atomic E-state index is 13.4. The molecule has 1 heterocycles. The van der Waals surface area contributed by atoms with Crippen LogP contribution in [0.5, 0.6) is 5.75 Å². The number of nitrogen functional groups attached to an aromatic ring is 1.